The van der Waals surface area contributed by atoms with Gasteiger partial charge in [-0.05, 0) is 186 Å². The monoisotopic (exact) mass is 1150 g/mol. The number of ether oxygens (including phenoxy) is 2. The summed E-state index contributed by atoms with van der Waals surface area (Å²) in [6, 6.07) is 92.7. The molecule has 88 heavy (non-hydrogen) atoms. The smallest absolute Gasteiger partial charge is 0.374 e. The molecule has 0 heterocycles. The van der Waals surface area contributed by atoms with Gasteiger partial charge in [0, 0.05) is 88.0 Å². The first kappa shape index (κ1) is 57.4. The molecule has 0 radical (unpaired) electrons. The highest BCUT2D eigenvalue weighted by atomic mass is 16.6. The molecule has 2 aliphatic rings. The Morgan fingerprint density at radius 2 is 0.591 bits per heavy atom. The average molecular weight is 1150 g/mol. The summed E-state index contributed by atoms with van der Waals surface area (Å²) in [5.74, 6) is -2.15. The van der Waals surface area contributed by atoms with Gasteiger partial charge >= 0.3 is 11.9 Å². The molecule has 10 aromatic carbocycles. The number of anilines is 10. The largest absolute Gasteiger partial charge is 0.456 e. The molecule has 0 bridgehead atoms. The number of para-hydroxylation sites is 4. The van der Waals surface area contributed by atoms with E-state index in [1.54, 1.807) is 0 Å². The minimum atomic E-state index is -1.22. The van der Waals surface area contributed by atoms with Crippen molar-refractivity contribution in [3.63, 3.8) is 0 Å². The SMILES string of the molecule is CC(=O)C(=O)OC1C=CC(N(c2ccc(-c3ccc(N(C4=CCC(OC(=O)C(C)O)C=C4)c4ccc(-c5ccc(N(c6ccccc6)c6ccccc6)cc5)cc4)cc3)cc2)c2ccc(-c3ccc(N(c4ccccc4)c4ccccc4)cc3)cc2)=CC1. The van der Waals surface area contributed by atoms with Crippen LogP contribution in [-0.4, -0.2) is 41.1 Å². The zero-order valence-electron chi connectivity index (χ0n) is 48.8. The van der Waals surface area contributed by atoms with Gasteiger partial charge in [0.15, 0.2) is 0 Å². The Morgan fingerprint density at radius 3 is 0.818 bits per heavy atom. The fourth-order valence-electron chi connectivity index (χ4n) is 11.1. The first-order valence-electron chi connectivity index (χ1n) is 29.5. The zero-order valence-corrected chi connectivity index (χ0v) is 48.8. The van der Waals surface area contributed by atoms with Crippen molar-refractivity contribution in [3.8, 4) is 33.4 Å². The predicted octanol–water partition coefficient (Wildman–Crippen LogP) is 18.4. The van der Waals surface area contributed by atoms with Crippen LogP contribution in [0, 0.1) is 0 Å². The summed E-state index contributed by atoms with van der Waals surface area (Å²) in [5, 5.41) is 9.87. The number of benzene rings is 10. The highest BCUT2D eigenvalue weighted by Crippen LogP contribution is 2.41. The lowest BCUT2D eigenvalue weighted by molar-refractivity contribution is -0.155. The Kier molecular flexibility index (Phi) is 17.2. The first-order valence-corrected chi connectivity index (χ1v) is 29.5. The van der Waals surface area contributed by atoms with E-state index in [0.717, 1.165) is 102 Å². The molecule has 0 saturated heterocycles. The summed E-state index contributed by atoms with van der Waals surface area (Å²) >= 11 is 0. The van der Waals surface area contributed by atoms with Crippen molar-refractivity contribution in [3.05, 3.63) is 315 Å². The van der Waals surface area contributed by atoms with Crippen LogP contribution in [0.4, 0.5) is 56.9 Å². The molecule has 10 heteroatoms. The number of carbonyl (C=O) groups excluding carboxylic acids is 3. The Labute approximate surface area is 513 Å². The minimum Gasteiger partial charge on any atom is -0.456 e. The number of rotatable bonds is 19. The summed E-state index contributed by atoms with van der Waals surface area (Å²) in [6.45, 7) is 2.62. The van der Waals surface area contributed by atoms with Gasteiger partial charge in [-0.3, -0.25) is 4.79 Å². The molecule has 0 aromatic heterocycles. The number of nitrogens with zero attached hydrogens (tertiary/aromatic N) is 4. The number of carbonyl (C=O) groups is 3. The molecule has 0 spiro atoms. The quantitative estimate of drug-likeness (QED) is 0.0622. The molecule has 0 amide bonds. The molecule has 12 rings (SSSR count). The Balaban J connectivity index is 0.807. The van der Waals surface area contributed by atoms with Crippen LogP contribution in [0.15, 0.2) is 315 Å². The maximum Gasteiger partial charge on any atom is 0.374 e. The van der Waals surface area contributed by atoms with Gasteiger partial charge in [-0.15, -0.1) is 0 Å². The number of esters is 2. The van der Waals surface area contributed by atoms with Gasteiger partial charge in [0.2, 0.25) is 5.78 Å². The predicted molar refractivity (Wildman–Crippen MR) is 355 cm³/mol. The highest BCUT2D eigenvalue weighted by molar-refractivity contribution is 6.32. The van der Waals surface area contributed by atoms with Crippen LogP contribution < -0.4 is 19.6 Å². The van der Waals surface area contributed by atoms with Crippen LogP contribution in [0.1, 0.15) is 26.7 Å². The van der Waals surface area contributed by atoms with Gasteiger partial charge < -0.3 is 34.2 Å². The number of aliphatic hydroxyl groups is 1. The number of allylic oxidation sites excluding steroid dienone is 2. The second-order valence-corrected chi connectivity index (χ2v) is 21.6. The number of hydrogen-bond acceptors (Lipinski definition) is 10. The van der Waals surface area contributed by atoms with E-state index in [-0.39, 0.29) is 0 Å². The fourth-order valence-corrected chi connectivity index (χ4v) is 11.1. The molecule has 3 unspecified atom stereocenters. The third-order valence-corrected chi connectivity index (χ3v) is 15.6. The number of hydrogen-bond donors (Lipinski definition) is 1. The van der Waals surface area contributed by atoms with Crippen molar-refractivity contribution >= 4 is 74.6 Å². The second kappa shape index (κ2) is 26.5. The maximum atomic E-state index is 12.4. The van der Waals surface area contributed by atoms with E-state index < -0.39 is 36.0 Å². The van der Waals surface area contributed by atoms with E-state index >= 15 is 0 Å². The van der Waals surface area contributed by atoms with Crippen LogP contribution in [0.3, 0.4) is 0 Å². The summed E-state index contributed by atoms with van der Waals surface area (Å²) in [5.41, 5.74) is 18.3. The molecule has 3 atom stereocenters. The third-order valence-electron chi connectivity index (χ3n) is 15.6. The van der Waals surface area contributed by atoms with E-state index in [2.05, 4.69) is 268 Å². The lowest BCUT2D eigenvalue weighted by Gasteiger charge is -2.29. The van der Waals surface area contributed by atoms with Gasteiger partial charge in [-0.2, -0.15) is 0 Å². The van der Waals surface area contributed by atoms with Gasteiger partial charge in [0.25, 0.3) is 0 Å². The summed E-state index contributed by atoms with van der Waals surface area (Å²) < 4.78 is 11.1. The maximum absolute atomic E-state index is 12.4. The highest BCUT2D eigenvalue weighted by Gasteiger charge is 2.24. The van der Waals surface area contributed by atoms with Crippen LogP contribution in [0.5, 0.6) is 0 Å². The van der Waals surface area contributed by atoms with Gasteiger partial charge in [-0.1, -0.05) is 158 Å². The molecule has 10 nitrogen and oxygen atoms in total. The average Bonchev–Trinajstić information content (AvgIpc) is 2.85. The molecule has 0 fully saturated rings. The standard InChI is InChI=1S/C78H64N4O6/c1-55(83)77(85)87-75-51-47-73(48-52-75)81(69-39-27-59(28-40-69)57-23-35-67(36-24-57)79(63-15-7-3-8-16-63)64-17-9-4-10-18-64)71-43-31-61(32-44-71)62-33-45-72(46-34-62)82(74-49-53-76(54-50-74)88-78(86)56(2)84)70-41-29-60(30-42-70)58-25-37-68(38-26-58)80(65-19-11-5-12-20-65)66-21-13-6-14-22-66/h3-51,53,55,75-76,83H,52,54H2,1-2H3. The van der Waals surface area contributed by atoms with Crippen molar-refractivity contribution in [2.24, 2.45) is 0 Å². The normalized spacial score (nSPS) is 14.6. The molecular formula is C78H64N4O6. The number of Topliss-reactive ketones (excluding diaryl/α,β-unsaturated/α-hetero) is 1. The Bertz CT molecular complexity index is 4070. The van der Waals surface area contributed by atoms with Crippen molar-refractivity contribution in [2.45, 2.75) is 45.0 Å². The number of aliphatic hydroxyl groups excluding tert-OH is 1. The molecular weight excluding hydrogens is 1090 g/mol. The Morgan fingerprint density at radius 1 is 0.352 bits per heavy atom. The topological polar surface area (TPSA) is 103 Å². The van der Waals surface area contributed by atoms with Crippen LogP contribution in [-0.2, 0) is 23.9 Å². The second-order valence-electron chi connectivity index (χ2n) is 21.6. The molecule has 2 aliphatic carbocycles. The van der Waals surface area contributed by atoms with E-state index in [4.69, 9.17) is 9.47 Å². The molecule has 432 valence electrons. The molecule has 0 saturated carbocycles. The lowest BCUT2D eigenvalue weighted by Crippen LogP contribution is -2.26. The summed E-state index contributed by atoms with van der Waals surface area (Å²) in [6.07, 6.45) is 10.3. The van der Waals surface area contributed by atoms with Crippen LogP contribution in [0.25, 0.3) is 33.4 Å². The fraction of sp³-hybridized carbons (Fsp3) is 0.0897. The van der Waals surface area contributed by atoms with Crippen molar-refractivity contribution in [1.29, 1.82) is 0 Å². The number of ketones is 1. The third kappa shape index (κ3) is 13.1. The summed E-state index contributed by atoms with van der Waals surface area (Å²) in [4.78, 5) is 45.3. The molecule has 1 N–H and O–H groups in total. The molecule has 0 aliphatic heterocycles. The first-order chi connectivity index (χ1) is 43.1. The van der Waals surface area contributed by atoms with E-state index in [0.29, 0.717) is 12.8 Å². The Hall–Kier alpha value is -11.1. The van der Waals surface area contributed by atoms with Crippen molar-refractivity contribution in [2.75, 3.05) is 19.6 Å². The minimum absolute atomic E-state index is 0.405. The summed E-state index contributed by atoms with van der Waals surface area (Å²) in [7, 11) is 0. The van der Waals surface area contributed by atoms with Crippen LogP contribution >= 0.6 is 0 Å². The van der Waals surface area contributed by atoms with E-state index in [9.17, 15) is 19.5 Å². The lowest BCUT2D eigenvalue weighted by atomic mass is 10.0. The van der Waals surface area contributed by atoms with Crippen molar-refractivity contribution in [1.82, 2.24) is 0 Å². The van der Waals surface area contributed by atoms with Crippen molar-refractivity contribution < 1.29 is 29.0 Å². The van der Waals surface area contributed by atoms with Gasteiger partial charge in [-0.25, -0.2) is 9.59 Å². The zero-order chi connectivity index (χ0) is 60.3. The molecule has 10 aromatic rings. The van der Waals surface area contributed by atoms with Crippen LogP contribution in [0.2, 0.25) is 0 Å². The van der Waals surface area contributed by atoms with Gasteiger partial charge in [0.05, 0.1) is 0 Å². The van der Waals surface area contributed by atoms with E-state index in [1.807, 2.05) is 54.6 Å². The van der Waals surface area contributed by atoms with Gasteiger partial charge in [0.1, 0.15) is 18.3 Å². The van der Waals surface area contributed by atoms with E-state index in [1.165, 1.54) is 13.8 Å².